The average molecular weight is 652 g/mol. The first-order valence-electron chi connectivity index (χ1n) is 15.0. The minimum Gasteiger partial charge on any atom is -1.00 e. The Bertz CT molecular complexity index is 1550. The number of rotatable bonds is 13. The van der Waals surface area contributed by atoms with Crippen LogP contribution in [0.2, 0.25) is 0 Å². The molecule has 0 spiro atoms. The molecule has 0 aliphatic heterocycles. The monoisotopic (exact) mass is 650 g/mol. The van der Waals surface area contributed by atoms with E-state index in [2.05, 4.69) is 82.7 Å². The van der Waals surface area contributed by atoms with Gasteiger partial charge in [0.25, 0.3) is 0 Å². The molecule has 4 aromatic rings. The Hall–Kier alpha value is -2.51. The lowest BCUT2D eigenvalue weighted by Gasteiger charge is -2.40. The van der Waals surface area contributed by atoms with Gasteiger partial charge in [0.1, 0.15) is 6.54 Å². The molecule has 4 aromatic carbocycles. The molecule has 4 nitrogen and oxygen atoms in total. The number of hydrogen-bond donors (Lipinski definition) is 1. The third-order valence-electron chi connectivity index (χ3n) is 8.41. The highest BCUT2D eigenvalue weighted by Crippen LogP contribution is 2.25. The van der Waals surface area contributed by atoms with E-state index in [9.17, 15) is 8.42 Å². The molecular formula is C36H47BrN2O2S. The molecule has 1 N–H and O–H groups in total. The van der Waals surface area contributed by atoms with Crippen molar-refractivity contribution >= 4 is 20.8 Å². The van der Waals surface area contributed by atoms with E-state index < -0.39 is 10.0 Å². The van der Waals surface area contributed by atoms with Crippen molar-refractivity contribution < 1.29 is 29.9 Å². The summed E-state index contributed by atoms with van der Waals surface area (Å²) < 4.78 is 32.0. The standard InChI is InChI=1S/C36H47N2O2S.BrH/c1-7-38(8-2,25-32-23-29(5)20-30(6)24-32)26-34(16-11-13-31-21-27(3)19-28(4)22-31)37-41(39,40)36-18-12-15-33-14-9-10-17-35(33)36;/h9-10,12,14-15,17-24,34,37H,7-8,11,13,16,25-26H2,1-6H3;1H/q+1;/p-1. The van der Waals surface area contributed by atoms with Crippen LogP contribution in [0.4, 0.5) is 0 Å². The minimum absolute atomic E-state index is 0. The zero-order chi connectivity index (χ0) is 29.6. The smallest absolute Gasteiger partial charge is 0.241 e. The fourth-order valence-corrected chi connectivity index (χ4v) is 7.94. The van der Waals surface area contributed by atoms with Crippen LogP contribution in [0.3, 0.4) is 0 Å². The van der Waals surface area contributed by atoms with Crippen molar-refractivity contribution in [2.45, 2.75) is 78.3 Å². The predicted octanol–water partition coefficient (Wildman–Crippen LogP) is 4.80. The Labute approximate surface area is 264 Å². The molecule has 0 fully saturated rings. The second-order valence-corrected chi connectivity index (χ2v) is 13.7. The van der Waals surface area contributed by atoms with E-state index in [1.165, 1.54) is 33.4 Å². The third kappa shape index (κ3) is 8.76. The third-order valence-corrected chi connectivity index (χ3v) is 9.99. The molecule has 0 saturated carbocycles. The second kappa shape index (κ2) is 14.8. The molecule has 0 saturated heterocycles. The van der Waals surface area contributed by atoms with E-state index in [4.69, 9.17) is 0 Å². The summed E-state index contributed by atoms with van der Waals surface area (Å²) >= 11 is 0. The summed E-state index contributed by atoms with van der Waals surface area (Å²) in [7, 11) is -3.73. The SMILES string of the molecule is CC[N+](CC)(Cc1cc(C)cc(C)c1)CC(CCCc1cc(C)cc(C)c1)NS(=O)(=O)c1cccc2ccccc12.[Br-]. The van der Waals surface area contributed by atoms with Crippen molar-refractivity contribution in [3.05, 3.63) is 112 Å². The van der Waals surface area contributed by atoms with Crippen LogP contribution in [0.25, 0.3) is 10.8 Å². The van der Waals surface area contributed by atoms with E-state index in [1.807, 2.05) is 36.4 Å². The first-order chi connectivity index (χ1) is 19.5. The zero-order valence-corrected chi connectivity index (χ0v) is 28.5. The summed E-state index contributed by atoms with van der Waals surface area (Å²) in [6.07, 6.45) is 2.64. The van der Waals surface area contributed by atoms with Crippen LogP contribution in [0.15, 0.2) is 83.8 Å². The van der Waals surface area contributed by atoms with Gasteiger partial charge < -0.3 is 21.5 Å². The maximum atomic E-state index is 14.0. The summed E-state index contributed by atoms with van der Waals surface area (Å²) in [6, 6.07) is 26.5. The highest BCUT2D eigenvalue weighted by atomic mass is 79.9. The van der Waals surface area contributed by atoms with Crippen LogP contribution in [0, 0.1) is 27.7 Å². The van der Waals surface area contributed by atoms with Gasteiger partial charge in [-0.05, 0) is 77.8 Å². The number of hydrogen-bond acceptors (Lipinski definition) is 2. The summed E-state index contributed by atoms with van der Waals surface area (Å²) in [4.78, 5) is 0.357. The van der Waals surface area contributed by atoms with Gasteiger partial charge in [-0.1, -0.05) is 95.1 Å². The Morgan fingerprint density at radius 2 is 1.29 bits per heavy atom. The Kier molecular flexibility index (Phi) is 12.0. The highest BCUT2D eigenvalue weighted by molar-refractivity contribution is 7.89. The van der Waals surface area contributed by atoms with Gasteiger partial charge in [0, 0.05) is 10.9 Å². The molecule has 1 atom stereocenters. The topological polar surface area (TPSA) is 46.2 Å². The maximum Gasteiger partial charge on any atom is 0.241 e. The van der Waals surface area contributed by atoms with Crippen LogP contribution in [0.5, 0.6) is 0 Å². The lowest BCUT2D eigenvalue weighted by atomic mass is 10.00. The van der Waals surface area contributed by atoms with Crippen molar-refractivity contribution in [3.63, 3.8) is 0 Å². The molecule has 0 bridgehead atoms. The number of halogens is 1. The fourth-order valence-electron chi connectivity index (χ4n) is 6.45. The first-order valence-corrected chi connectivity index (χ1v) is 16.5. The van der Waals surface area contributed by atoms with Gasteiger partial charge in [0.05, 0.1) is 30.6 Å². The zero-order valence-electron chi connectivity index (χ0n) is 26.1. The van der Waals surface area contributed by atoms with Gasteiger partial charge in [-0.25, -0.2) is 13.1 Å². The van der Waals surface area contributed by atoms with Gasteiger partial charge >= 0.3 is 0 Å². The lowest BCUT2D eigenvalue weighted by molar-refractivity contribution is -0.938. The quantitative estimate of drug-likeness (QED) is 0.211. The molecule has 0 aliphatic rings. The summed E-state index contributed by atoms with van der Waals surface area (Å²) in [5, 5.41) is 1.70. The fraction of sp³-hybridized carbons (Fsp3) is 0.389. The molecule has 6 heteroatoms. The van der Waals surface area contributed by atoms with E-state index >= 15 is 0 Å². The second-order valence-electron chi connectivity index (χ2n) is 12.0. The minimum atomic E-state index is -3.73. The molecule has 4 rings (SSSR count). The van der Waals surface area contributed by atoms with Gasteiger partial charge in [0.15, 0.2) is 0 Å². The van der Waals surface area contributed by atoms with E-state index in [0.717, 1.165) is 60.7 Å². The number of aryl methyl sites for hydroxylation is 5. The highest BCUT2D eigenvalue weighted by Gasteiger charge is 2.31. The van der Waals surface area contributed by atoms with Crippen LogP contribution in [-0.4, -0.2) is 38.6 Å². The molecule has 0 heterocycles. The molecule has 0 aromatic heterocycles. The Morgan fingerprint density at radius 1 is 0.738 bits per heavy atom. The van der Waals surface area contributed by atoms with Gasteiger partial charge in [-0.15, -0.1) is 0 Å². The molecule has 226 valence electrons. The van der Waals surface area contributed by atoms with E-state index in [0.29, 0.717) is 4.90 Å². The van der Waals surface area contributed by atoms with Gasteiger partial charge in [0.2, 0.25) is 10.0 Å². The summed E-state index contributed by atoms with van der Waals surface area (Å²) in [6.45, 7) is 16.6. The number of nitrogens with zero attached hydrogens (tertiary/aromatic N) is 1. The average Bonchev–Trinajstić information content (AvgIpc) is 2.91. The van der Waals surface area contributed by atoms with Crippen LogP contribution < -0.4 is 21.7 Å². The number of quaternary nitrogens is 1. The van der Waals surface area contributed by atoms with Crippen molar-refractivity contribution in [2.24, 2.45) is 0 Å². The summed E-state index contributed by atoms with van der Waals surface area (Å²) in [5.74, 6) is 0. The van der Waals surface area contributed by atoms with Crippen molar-refractivity contribution in [1.29, 1.82) is 0 Å². The molecule has 42 heavy (non-hydrogen) atoms. The molecule has 0 amide bonds. The van der Waals surface area contributed by atoms with Crippen molar-refractivity contribution in [2.75, 3.05) is 19.6 Å². The number of sulfonamides is 1. The Morgan fingerprint density at radius 3 is 1.88 bits per heavy atom. The number of fused-ring (bicyclic) bond motifs is 1. The lowest BCUT2D eigenvalue weighted by Crippen LogP contribution is -3.00. The Balaban J connectivity index is 0.00000484. The molecule has 0 aliphatic carbocycles. The van der Waals surface area contributed by atoms with Crippen LogP contribution >= 0.6 is 0 Å². The van der Waals surface area contributed by atoms with Crippen molar-refractivity contribution in [1.82, 2.24) is 4.72 Å². The molecule has 1 unspecified atom stereocenters. The van der Waals surface area contributed by atoms with Crippen molar-refractivity contribution in [3.8, 4) is 0 Å². The number of likely N-dealkylation sites (N-methyl/N-ethyl adjacent to an activating group) is 1. The van der Waals surface area contributed by atoms with E-state index in [1.54, 1.807) is 6.07 Å². The first kappa shape index (κ1) is 34.0. The number of benzene rings is 4. The van der Waals surface area contributed by atoms with Crippen LogP contribution in [-0.2, 0) is 23.0 Å². The summed E-state index contributed by atoms with van der Waals surface area (Å²) in [5.41, 5.74) is 7.72. The molecular weight excluding hydrogens is 604 g/mol. The normalized spacial score (nSPS) is 12.7. The number of nitrogens with one attached hydrogen (secondary N) is 1. The van der Waals surface area contributed by atoms with Gasteiger partial charge in [-0.2, -0.15) is 0 Å². The van der Waals surface area contributed by atoms with Crippen LogP contribution in [0.1, 0.15) is 60.1 Å². The predicted molar refractivity (Wildman–Crippen MR) is 173 cm³/mol. The van der Waals surface area contributed by atoms with Gasteiger partial charge in [-0.3, -0.25) is 0 Å². The maximum absolute atomic E-state index is 14.0. The van der Waals surface area contributed by atoms with E-state index in [-0.39, 0.29) is 23.0 Å². The largest absolute Gasteiger partial charge is 1.00 e. The molecule has 0 radical (unpaired) electrons.